The Balaban J connectivity index is 2.07. The van der Waals surface area contributed by atoms with Gasteiger partial charge in [0.25, 0.3) is 5.69 Å². The van der Waals surface area contributed by atoms with Gasteiger partial charge in [0.15, 0.2) is 5.65 Å². The van der Waals surface area contributed by atoms with Gasteiger partial charge in [0.1, 0.15) is 5.76 Å². The molecule has 0 saturated carbocycles. The van der Waals surface area contributed by atoms with Gasteiger partial charge in [-0.25, -0.2) is 4.99 Å². The van der Waals surface area contributed by atoms with Crippen molar-refractivity contribution in [3.63, 3.8) is 0 Å². The Bertz CT molecular complexity index is 812. The maximum atomic E-state index is 10.6. The fraction of sp³-hybridized carbons (Fsp3) is 0.0909. The first-order valence-electron chi connectivity index (χ1n) is 5.38. The summed E-state index contributed by atoms with van der Waals surface area (Å²) in [6, 6.07) is 7.80. The molecule has 0 bridgehead atoms. The van der Waals surface area contributed by atoms with Gasteiger partial charge in [-0.05, 0) is 19.1 Å². The summed E-state index contributed by atoms with van der Waals surface area (Å²) in [5.74, 6) is 0.746. The van der Waals surface area contributed by atoms with Crippen LogP contribution in [0.3, 0.4) is 0 Å². The summed E-state index contributed by atoms with van der Waals surface area (Å²) in [5, 5.41) is 10.6. The zero-order valence-electron chi connectivity index (χ0n) is 9.81. The van der Waals surface area contributed by atoms with E-state index in [2.05, 4.69) is 9.37 Å². The lowest BCUT2D eigenvalue weighted by atomic mass is 10.3. The SMILES string of the molecule is Cc1cc2nsc(=Nc3ccc([N+](=O)[O-])cc3)n2o1. The summed E-state index contributed by atoms with van der Waals surface area (Å²) in [7, 11) is 0. The predicted molar refractivity (Wildman–Crippen MR) is 68.4 cm³/mol. The van der Waals surface area contributed by atoms with Crippen LogP contribution in [0.4, 0.5) is 11.4 Å². The topological polar surface area (TPSA) is 85.9 Å². The summed E-state index contributed by atoms with van der Waals surface area (Å²) < 4.78 is 11.2. The van der Waals surface area contributed by atoms with Crippen molar-refractivity contribution < 1.29 is 9.45 Å². The monoisotopic (exact) mass is 276 g/mol. The first-order valence-corrected chi connectivity index (χ1v) is 6.15. The fourth-order valence-corrected chi connectivity index (χ4v) is 2.26. The Morgan fingerprint density at radius 3 is 2.84 bits per heavy atom. The van der Waals surface area contributed by atoms with E-state index in [1.807, 2.05) is 13.0 Å². The number of hydrogen-bond donors (Lipinski definition) is 0. The number of hydrogen-bond acceptors (Lipinski definition) is 6. The van der Waals surface area contributed by atoms with Crippen LogP contribution in [0.2, 0.25) is 0 Å². The van der Waals surface area contributed by atoms with Crippen molar-refractivity contribution in [2.24, 2.45) is 4.99 Å². The normalized spacial score (nSPS) is 12.2. The molecule has 0 unspecified atom stereocenters. The molecule has 0 saturated heterocycles. The van der Waals surface area contributed by atoms with Crippen LogP contribution in [-0.4, -0.2) is 13.9 Å². The van der Waals surface area contributed by atoms with Gasteiger partial charge in [-0.1, -0.05) is 0 Å². The molecule has 0 radical (unpaired) electrons. The van der Waals surface area contributed by atoms with Gasteiger partial charge in [0.05, 0.1) is 10.6 Å². The van der Waals surface area contributed by atoms with E-state index >= 15 is 0 Å². The number of nitro benzene ring substituents is 1. The average Bonchev–Trinajstić information content (AvgIpc) is 2.91. The number of non-ortho nitro benzene ring substituents is 1. The Kier molecular flexibility index (Phi) is 2.64. The average molecular weight is 276 g/mol. The van der Waals surface area contributed by atoms with Crippen molar-refractivity contribution in [2.75, 3.05) is 0 Å². The molecule has 0 aliphatic heterocycles. The lowest BCUT2D eigenvalue weighted by Crippen LogP contribution is -2.02. The number of rotatable bonds is 2. The molecule has 0 fully saturated rings. The number of fused-ring (bicyclic) bond motifs is 1. The lowest BCUT2D eigenvalue weighted by molar-refractivity contribution is -0.384. The van der Waals surface area contributed by atoms with Gasteiger partial charge in [0.2, 0.25) is 4.80 Å². The molecule has 0 atom stereocenters. The summed E-state index contributed by atoms with van der Waals surface area (Å²) in [5.41, 5.74) is 1.34. The van der Waals surface area contributed by atoms with Gasteiger partial charge in [0, 0.05) is 29.7 Å². The molecule has 96 valence electrons. The molecule has 0 spiro atoms. The van der Waals surface area contributed by atoms with E-state index in [1.165, 1.54) is 28.2 Å². The van der Waals surface area contributed by atoms with Crippen LogP contribution in [0.1, 0.15) is 5.76 Å². The molecule has 8 heteroatoms. The summed E-state index contributed by atoms with van der Waals surface area (Å²) in [6.45, 7) is 1.83. The van der Waals surface area contributed by atoms with Crippen LogP contribution >= 0.6 is 11.5 Å². The van der Waals surface area contributed by atoms with Crippen LogP contribution in [0, 0.1) is 17.0 Å². The molecular formula is C11H8N4O3S. The van der Waals surface area contributed by atoms with Crippen LogP contribution in [0.15, 0.2) is 39.8 Å². The zero-order chi connectivity index (χ0) is 13.4. The van der Waals surface area contributed by atoms with Crippen molar-refractivity contribution in [3.8, 4) is 0 Å². The van der Waals surface area contributed by atoms with Crippen molar-refractivity contribution in [1.82, 2.24) is 8.95 Å². The maximum absolute atomic E-state index is 10.6. The molecule has 3 rings (SSSR count). The lowest BCUT2D eigenvalue weighted by Gasteiger charge is -1.92. The second-order valence-corrected chi connectivity index (χ2v) is 4.58. The molecule has 3 aromatic rings. The van der Waals surface area contributed by atoms with E-state index in [-0.39, 0.29) is 5.69 Å². The van der Waals surface area contributed by atoms with E-state index in [0.29, 0.717) is 16.1 Å². The van der Waals surface area contributed by atoms with E-state index in [0.717, 1.165) is 5.76 Å². The van der Waals surface area contributed by atoms with E-state index in [9.17, 15) is 10.1 Å². The van der Waals surface area contributed by atoms with Crippen LogP contribution in [0.25, 0.3) is 5.65 Å². The third kappa shape index (κ3) is 2.13. The summed E-state index contributed by atoms with van der Waals surface area (Å²) >= 11 is 1.20. The molecule has 19 heavy (non-hydrogen) atoms. The van der Waals surface area contributed by atoms with Gasteiger partial charge in [-0.3, -0.25) is 10.1 Å². The Morgan fingerprint density at radius 2 is 2.16 bits per heavy atom. The van der Waals surface area contributed by atoms with Crippen LogP contribution in [0.5, 0.6) is 0 Å². The summed E-state index contributed by atoms with van der Waals surface area (Å²) in [6.07, 6.45) is 0. The van der Waals surface area contributed by atoms with E-state index in [1.54, 1.807) is 12.1 Å². The van der Waals surface area contributed by atoms with Crippen molar-refractivity contribution >= 4 is 28.6 Å². The largest absolute Gasteiger partial charge is 0.375 e. The highest BCUT2D eigenvalue weighted by molar-refractivity contribution is 7.03. The molecule has 7 nitrogen and oxygen atoms in total. The molecule has 0 amide bonds. The van der Waals surface area contributed by atoms with Gasteiger partial charge >= 0.3 is 0 Å². The molecular weight excluding hydrogens is 268 g/mol. The van der Waals surface area contributed by atoms with E-state index in [4.69, 9.17) is 4.52 Å². The van der Waals surface area contributed by atoms with Crippen molar-refractivity contribution in [3.05, 3.63) is 51.0 Å². The number of benzene rings is 1. The first-order chi connectivity index (χ1) is 9.13. The van der Waals surface area contributed by atoms with E-state index < -0.39 is 4.92 Å². The van der Waals surface area contributed by atoms with Crippen molar-refractivity contribution in [2.45, 2.75) is 6.92 Å². The Morgan fingerprint density at radius 1 is 1.42 bits per heavy atom. The van der Waals surface area contributed by atoms with Gasteiger partial charge in [-0.2, -0.15) is 4.37 Å². The highest BCUT2D eigenvalue weighted by atomic mass is 32.1. The van der Waals surface area contributed by atoms with Gasteiger partial charge in [-0.15, -0.1) is 4.57 Å². The minimum Gasteiger partial charge on any atom is -0.375 e. The highest BCUT2D eigenvalue weighted by Crippen LogP contribution is 2.17. The second kappa shape index (κ2) is 4.32. The maximum Gasteiger partial charge on any atom is 0.269 e. The fourth-order valence-electron chi connectivity index (χ4n) is 1.61. The minimum absolute atomic E-state index is 0.0369. The molecule has 2 aromatic heterocycles. The number of aromatic nitrogens is 2. The second-order valence-electron chi connectivity index (χ2n) is 3.85. The summed E-state index contributed by atoms with van der Waals surface area (Å²) in [4.78, 5) is 15.0. The van der Waals surface area contributed by atoms with Crippen molar-refractivity contribution in [1.29, 1.82) is 0 Å². The molecule has 0 aliphatic carbocycles. The van der Waals surface area contributed by atoms with Gasteiger partial charge < -0.3 is 4.52 Å². The minimum atomic E-state index is -0.445. The third-order valence-corrected chi connectivity index (χ3v) is 3.15. The molecule has 0 aliphatic rings. The van der Waals surface area contributed by atoms with Crippen LogP contribution in [-0.2, 0) is 0 Å². The Labute approximate surface area is 110 Å². The molecule has 0 N–H and O–H groups in total. The standard InChI is InChI=1S/C11H8N4O3S/c1-7-6-10-13-19-11(14(10)18-7)12-8-2-4-9(5-3-8)15(16)17/h2-6H,1H3. The number of nitrogens with zero attached hydrogens (tertiary/aromatic N) is 4. The number of nitro groups is 1. The van der Waals surface area contributed by atoms with Crippen LogP contribution < -0.4 is 4.80 Å². The molecule has 1 aromatic carbocycles. The third-order valence-electron chi connectivity index (χ3n) is 2.46. The quantitative estimate of drug-likeness (QED) is 0.531. The number of aryl methyl sites for hydroxylation is 1. The smallest absolute Gasteiger partial charge is 0.269 e. The first kappa shape index (κ1) is 11.6. The zero-order valence-corrected chi connectivity index (χ0v) is 10.6. The molecule has 2 heterocycles. The highest BCUT2D eigenvalue weighted by Gasteiger charge is 2.06. The predicted octanol–water partition coefficient (Wildman–Crippen LogP) is 2.44. The Hall–Kier alpha value is -2.48.